The van der Waals surface area contributed by atoms with Crippen LogP contribution in [-0.4, -0.2) is 36.6 Å². The van der Waals surface area contributed by atoms with E-state index in [9.17, 15) is 0 Å². The third-order valence-electron chi connectivity index (χ3n) is 4.83. The quantitative estimate of drug-likeness (QED) is 0.792. The second-order valence-electron chi connectivity index (χ2n) is 6.01. The predicted molar refractivity (Wildman–Crippen MR) is 74.3 cm³/mol. The second-order valence-corrected chi connectivity index (χ2v) is 6.01. The molecule has 1 saturated carbocycles. The van der Waals surface area contributed by atoms with Crippen molar-refractivity contribution in [1.82, 2.24) is 10.2 Å². The van der Waals surface area contributed by atoms with Gasteiger partial charge < -0.3 is 10.2 Å². The SMILES string of the molecule is CCCNC1CCC(N2CCC(CC)CC2)C1. The highest BCUT2D eigenvalue weighted by molar-refractivity contribution is 4.88. The average molecular weight is 238 g/mol. The normalized spacial score (nSPS) is 32.1. The highest BCUT2D eigenvalue weighted by Crippen LogP contribution is 2.29. The summed E-state index contributed by atoms with van der Waals surface area (Å²) < 4.78 is 0. The van der Waals surface area contributed by atoms with Crippen molar-refractivity contribution in [3.05, 3.63) is 0 Å². The first-order chi connectivity index (χ1) is 8.33. The molecule has 2 atom stereocenters. The van der Waals surface area contributed by atoms with Gasteiger partial charge in [0.1, 0.15) is 0 Å². The highest BCUT2D eigenvalue weighted by atomic mass is 15.2. The Kier molecular flexibility index (Phi) is 5.30. The number of nitrogens with one attached hydrogen (secondary N) is 1. The van der Waals surface area contributed by atoms with Crippen LogP contribution in [-0.2, 0) is 0 Å². The maximum atomic E-state index is 3.69. The molecule has 2 fully saturated rings. The molecule has 0 spiro atoms. The fourth-order valence-electron chi connectivity index (χ4n) is 3.55. The molecule has 100 valence electrons. The molecular formula is C15H30N2. The smallest absolute Gasteiger partial charge is 0.0111 e. The summed E-state index contributed by atoms with van der Waals surface area (Å²) in [7, 11) is 0. The van der Waals surface area contributed by atoms with Gasteiger partial charge in [-0.1, -0.05) is 20.3 Å². The summed E-state index contributed by atoms with van der Waals surface area (Å²) in [4.78, 5) is 2.78. The third-order valence-corrected chi connectivity index (χ3v) is 4.83. The summed E-state index contributed by atoms with van der Waals surface area (Å²) in [6.07, 6.45) is 9.77. The van der Waals surface area contributed by atoms with E-state index in [4.69, 9.17) is 0 Å². The van der Waals surface area contributed by atoms with E-state index in [2.05, 4.69) is 24.1 Å². The molecule has 1 heterocycles. The van der Waals surface area contributed by atoms with E-state index in [1.54, 1.807) is 0 Å². The van der Waals surface area contributed by atoms with Crippen LogP contribution in [0.2, 0.25) is 0 Å². The van der Waals surface area contributed by atoms with E-state index in [0.717, 1.165) is 18.0 Å². The van der Waals surface area contributed by atoms with Crippen molar-refractivity contribution in [2.45, 2.75) is 70.9 Å². The summed E-state index contributed by atoms with van der Waals surface area (Å²) in [6, 6.07) is 1.70. The van der Waals surface area contributed by atoms with Crippen molar-refractivity contribution >= 4 is 0 Å². The Morgan fingerprint density at radius 3 is 2.47 bits per heavy atom. The van der Waals surface area contributed by atoms with E-state index in [0.29, 0.717) is 0 Å². The van der Waals surface area contributed by atoms with Gasteiger partial charge in [-0.25, -0.2) is 0 Å². The summed E-state index contributed by atoms with van der Waals surface area (Å²) in [5.74, 6) is 1.02. The van der Waals surface area contributed by atoms with Crippen molar-refractivity contribution in [3.63, 3.8) is 0 Å². The number of nitrogens with zero attached hydrogens (tertiary/aromatic N) is 1. The Morgan fingerprint density at radius 1 is 1.06 bits per heavy atom. The molecule has 2 aliphatic rings. The molecule has 0 aromatic carbocycles. The Hall–Kier alpha value is -0.0800. The van der Waals surface area contributed by atoms with Gasteiger partial charge in [0.15, 0.2) is 0 Å². The second kappa shape index (κ2) is 6.75. The van der Waals surface area contributed by atoms with Crippen LogP contribution in [0.4, 0.5) is 0 Å². The molecule has 2 nitrogen and oxygen atoms in total. The molecule has 2 heteroatoms. The number of hydrogen-bond donors (Lipinski definition) is 1. The molecule has 0 radical (unpaired) electrons. The lowest BCUT2D eigenvalue weighted by Crippen LogP contribution is -2.41. The van der Waals surface area contributed by atoms with Crippen LogP contribution < -0.4 is 5.32 Å². The molecule has 1 aliphatic heterocycles. The number of likely N-dealkylation sites (tertiary alicyclic amines) is 1. The Morgan fingerprint density at radius 2 is 1.82 bits per heavy atom. The van der Waals surface area contributed by atoms with Crippen molar-refractivity contribution in [2.75, 3.05) is 19.6 Å². The van der Waals surface area contributed by atoms with Crippen molar-refractivity contribution in [1.29, 1.82) is 0 Å². The van der Waals surface area contributed by atoms with Gasteiger partial charge in [-0.3, -0.25) is 0 Å². The zero-order valence-electron chi connectivity index (χ0n) is 11.8. The lowest BCUT2D eigenvalue weighted by atomic mass is 9.93. The number of piperidine rings is 1. The highest BCUT2D eigenvalue weighted by Gasteiger charge is 2.30. The molecular weight excluding hydrogens is 208 g/mol. The monoisotopic (exact) mass is 238 g/mol. The van der Waals surface area contributed by atoms with E-state index >= 15 is 0 Å². The standard InChI is InChI=1S/C15H30N2/c1-3-9-16-14-5-6-15(12-14)17-10-7-13(4-2)8-11-17/h13-16H,3-12H2,1-2H3. The van der Waals surface area contributed by atoms with Crippen molar-refractivity contribution < 1.29 is 0 Å². The van der Waals surface area contributed by atoms with E-state index in [1.165, 1.54) is 64.6 Å². The van der Waals surface area contributed by atoms with Crippen LogP contribution in [0.25, 0.3) is 0 Å². The van der Waals surface area contributed by atoms with Crippen LogP contribution >= 0.6 is 0 Å². The molecule has 0 aromatic heterocycles. The zero-order valence-corrected chi connectivity index (χ0v) is 11.8. The topological polar surface area (TPSA) is 15.3 Å². The minimum atomic E-state index is 0.809. The summed E-state index contributed by atoms with van der Waals surface area (Å²) in [6.45, 7) is 8.54. The van der Waals surface area contributed by atoms with Crippen LogP contribution in [0.5, 0.6) is 0 Å². The zero-order chi connectivity index (χ0) is 12.1. The first-order valence-corrected chi connectivity index (χ1v) is 7.80. The first kappa shape index (κ1) is 13.4. The van der Waals surface area contributed by atoms with Gasteiger partial charge in [-0.15, -0.1) is 0 Å². The molecule has 2 unspecified atom stereocenters. The van der Waals surface area contributed by atoms with Gasteiger partial charge in [0.25, 0.3) is 0 Å². The Balaban J connectivity index is 1.70. The first-order valence-electron chi connectivity index (χ1n) is 7.80. The Labute approximate surface area is 107 Å². The average Bonchev–Trinajstić information content (AvgIpc) is 2.85. The molecule has 0 bridgehead atoms. The third kappa shape index (κ3) is 3.69. The lowest BCUT2D eigenvalue weighted by Gasteiger charge is -2.35. The summed E-state index contributed by atoms with van der Waals surface area (Å²) in [5.41, 5.74) is 0. The van der Waals surface area contributed by atoms with Gasteiger partial charge in [-0.2, -0.15) is 0 Å². The van der Waals surface area contributed by atoms with E-state index < -0.39 is 0 Å². The molecule has 2 rings (SSSR count). The van der Waals surface area contributed by atoms with Crippen LogP contribution in [0, 0.1) is 5.92 Å². The molecule has 17 heavy (non-hydrogen) atoms. The fraction of sp³-hybridized carbons (Fsp3) is 1.00. The molecule has 0 aromatic rings. The van der Waals surface area contributed by atoms with Crippen LogP contribution in [0.1, 0.15) is 58.8 Å². The molecule has 1 aliphatic carbocycles. The van der Waals surface area contributed by atoms with Gasteiger partial charge in [-0.05, 0) is 64.1 Å². The molecule has 0 amide bonds. The molecule has 1 saturated heterocycles. The van der Waals surface area contributed by atoms with Gasteiger partial charge in [0, 0.05) is 12.1 Å². The number of hydrogen-bond acceptors (Lipinski definition) is 2. The van der Waals surface area contributed by atoms with Gasteiger partial charge in [0.05, 0.1) is 0 Å². The number of rotatable bonds is 5. The maximum absolute atomic E-state index is 3.69. The van der Waals surface area contributed by atoms with E-state index in [1.807, 2.05) is 0 Å². The van der Waals surface area contributed by atoms with Crippen molar-refractivity contribution in [2.24, 2.45) is 5.92 Å². The minimum Gasteiger partial charge on any atom is -0.314 e. The van der Waals surface area contributed by atoms with E-state index in [-0.39, 0.29) is 0 Å². The largest absolute Gasteiger partial charge is 0.314 e. The summed E-state index contributed by atoms with van der Waals surface area (Å²) >= 11 is 0. The fourth-order valence-corrected chi connectivity index (χ4v) is 3.55. The maximum Gasteiger partial charge on any atom is 0.0111 e. The summed E-state index contributed by atoms with van der Waals surface area (Å²) in [5, 5.41) is 3.69. The van der Waals surface area contributed by atoms with Crippen LogP contribution in [0.3, 0.4) is 0 Å². The van der Waals surface area contributed by atoms with Gasteiger partial charge in [0.2, 0.25) is 0 Å². The minimum absolute atomic E-state index is 0.809. The van der Waals surface area contributed by atoms with Gasteiger partial charge >= 0.3 is 0 Å². The molecule has 1 N–H and O–H groups in total. The van der Waals surface area contributed by atoms with Crippen molar-refractivity contribution in [3.8, 4) is 0 Å². The lowest BCUT2D eigenvalue weighted by molar-refractivity contribution is 0.131. The predicted octanol–water partition coefficient (Wildman–Crippen LogP) is 3.03. The Bertz CT molecular complexity index is 209. The van der Waals surface area contributed by atoms with Crippen LogP contribution in [0.15, 0.2) is 0 Å².